The van der Waals surface area contributed by atoms with E-state index in [0.717, 1.165) is 0 Å². The first kappa shape index (κ1) is 20.2. The van der Waals surface area contributed by atoms with Crippen molar-refractivity contribution in [3.8, 4) is 5.75 Å². The summed E-state index contributed by atoms with van der Waals surface area (Å²) in [5.41, 5.74) is 1.29. The highest BCUT2D eigenvalue weighted by molar-refractivity contribution is 6.30. The van der Waals surface area contributed by atoms with E-state index in [1.807, 2.05) is 0 Å². The van der Waals surface area contributed by atoms with E-state index in [0.29, 0.717) is 27.6 Å². The summed E-state index contributed by atoms with van der Waals surface area (Å²) >= 11 is 5.86. The Morgan fingerprint density at radius 3 is 2.36 bits per heavy atom. The molecule has 0 aliphatic carbocycles. The Balaban J connectivity index is 2.02. The van der Waals surface area contributed by atoms with Gasteiger partial charge in [0, 0.05) is 34.7 Å². The Bertz CT molecular complexity index is 912. The molecule has 0 spiro atoms. The predicted octanol–water partition coefficient (Wildman–Crippen LogP) is 5.00. The minimum Gasteiger partial charge on any atom is -0.497 e. The summed E-state index contributed by atoms with van der Waals surface area (Å²) in [4.78, 5) is 26.1. The van der Waals surface area contributed by atoms with E-state index in [-0.39, 0.29) is 5.91 Å². The third kappa shape index (κ3) is 3.71. The van der Waals surface area contributed by atoms with Gasteiger partial charge in [0.05, 0.1) is 7.11 Å². The molecular weight excluding hydrogens is 395 g/mol. The van der Waals surface area contributed by atoms with Gasteiger partial charge in [-0.3, -0.25) is 9.59 Å². The van der Waals surface area contributed by atoms with Gasteiger partial charge in [0.1, 0.15) is 5.75 Å². The van der Waals surface area contributed by atoms with Gasteiger partial charge in [-0.25, -0.2) is 0 Å². The lowest BCUT2D eigenvalue weighted by Crippen LogP contribution is -2.38. The maximum Gasteiger partial charge on any atom is 0.449 e. The first-order valence-corrected chi connectivity index (χ1v) is 8.88. The smallest absolute Gasteiger partial charge is 0.449 e. The van der Waals surface area contributed by atoms with E-state index in [1.165, 1.54) is 12.0 Å². The number of rotatable bonds is 4. The van der Waals surface area contributed by atoms with Crippen LogP contribution in [0.5, 0.6) is 5.75 Å². The zero-order valence-electron chi connectivity index (χ0n) is 15.1. The molecule has 28 heavy (non-hydrogen) atoms. The SMILES string of the molecule is COc1ccc2c(c1)C(CC(=O)C(F)(F)F)C(C)N2C(=O)c1ccc(Cl)cc1. The number of carbonyl (C=O) groups excluding carboxylic acids is 2. The van der Waals surface area contributed by atoms with Crippen molar-refractivity contribution in [2.45, 2.75) is 31.5 Å². The van der Waals surface area contributed by atoms with Gasteiger partial charge in [0.2, 0.25) is 5.78 Å². The second-order valence-corrected chi connectivity index (χ2v) is 7.02. The van der Waals surface area contributed by atoms with E-state index in [9.17, 15) is 22.8 Å². The van der Waals surface area contributed by atoms with Crippen molar-refractivity contribution in [3.05, 3.63) is 58.6 Å². The number of hydrogen-bond acceptors (Lipinski definition) is 3. The van der Waals surface area contributed by atoms with Crippen LogP contribution in [0.15, 0.2) is 42.5 Å². The van der Waals surface area contributed by atoms with Gasteiger partial charge in [0.25, 0.3) is 5.91 Å². The monoisotopic (exact) mass is 411 g/mol. The molecule has 2 atom stereocenters. The number of nitrogens with zero attached hydrogens (tertiary/aromatic N) is 1. The highest BCUT2D eigenvalue weighted by Gasteiger charge is 2.45. The molecule has 2 unspecified atom stereocenters. The summed E-state index contributed by atoms with van der Waals surface area (Å²) in [5.74, 6) is -2.55. The highest BCUT2D eigenvalue weighted by Crippen LogP contribution is 2.46. The van der Waals surface area contributed by atoms with E-state index >= 15 is 0 Å². The third-order valence-corrected chi connectivity index (χ3v) is 5.17. The number of carbonyl (C=O) groups is 2. The number of anilines is 1. The number of benzene rings is 2. The van der Waals surface area contributed by atoms with Gasteiger partial charge < -0.3 is 9.64 Å². The van der Waals surface area contributed by atoms with Crippen LogP contribution < -0.4 is 9.64 Å². The number of alkyl halides is 3. The van der Waals surface area contributed by atoms with E-state index < -0.39 is 30.3 Å². The van der Waals surface area contributed by atoms with Crippen molar-refractivity contribution < 1.29 is 27.5 Å². The fourth-order valence-electron chi connectivity index (χ4n) is 3.46. The first-order chi connectivity index (χ1) is 13.1. The molecule has 0 N–H and O–H groups in total. The second kappa shape index (κ2) is 7.47. The maximum atomic E-state index is 13.1. The largest absolute Gasteiger partial charge is 0.497 e. The third-order valence-electron chi connectivity index (χ3n) is 4.91. The summed E-state index contributed by atoms with van der Waals surface area (Å²) in [7, 11) is 1.44. The van der Waals surface area contributed by atoms with Crippen molar-refractivity contribution in [2.24, 2.45) is 0 Å². The Kier molecular flexibility index (Phi) is 5.39. The van der Waals surface area contributed by atoms with Crippen molar-refractivity contribution in [1.29, 1.82) is 0 Å². The molecule has 0 radical (unpaired) electrons. The summed E-state index contributed by atoms with van der Waals surface area (Å²) in [5, 5.41) is 0.463. The maximum absolute atomic E-state index is 13.1. The average molecular weight is 412 g/mol. The number of ether oxygens (including phenoxy) is 1. The topological polar surface area (TPSA) is 46.6 Å². The Morgan fingerprint density at radius 2 is 1.79 bits per heavy atom. The van der Waals surface area contributed by atoms with Gasteiger partial charge in [-0.2, -0.15) is 13.2 Å². The lowest BCUT2D eigenvalue weighted by Gasteiger charge is -2.25. The molecule has 2 aromatic carbocycles. The normalized spacial score (nSPS) is 18.7. The fraction of sp³-hybridized carbons (Fsp3) is 0.300. The number of methoxy groups -OCH3 is 1. The molecule has 148 valence electrons. The van der Waals surface area contributed by atoms with Crippen LogP contribution in [0.2, 0.25) is 5.02 Å². The second-order valence-electron chi connectivity index (χ2n) is 6.58. The summed E-state index contributed by atoms with van der Waals surface area (Å²) in [6, 6.07) is 10.4. The number of Topliss-reactive ketones (excluding diaryl/α,β-unsaturated/α-hetero) is 1. The van der Waals surface area contributed by atoms with Crippen LogP contribution in [0.4, 0.5) is 18.9 Å². The number of hydrogen-bond donors (Lipinski definition) is 0. The van der Waals surface area contributed by atoms with Crippen LogP contribution in [-0.2, 0) is 4.79 Å². The van der Waals surface area contributed by atoms with Crippen LogP contribution in [0.3, 0.4) is 0 Å². The van der Waals surface area contributed by atoms with Gasteiger partial charge >= 0.3 is 6.18 Å². The minimum absolute atomic E-state index is 0.348. The summed E-state index contributed by atoms with van der Waals surface area (Å²) in [6.45, 7) is 1.63. The van der Waals surface area contributed by atoms with E-state index in [1.54, 1.807) is 49.4 Å². The minimum atomic E-state index is -4.92. The zero-order valence-corrected chi connectivity index (χ0v) is 15.8. The molecule has 0 saturated carbocycles. The van der Waals surface area contributed by atoms with Crippen molar-refractivity contribution in [3.63, 3.8) is 0 Å². The number of fused-ring (bicyclic) bond motifs is 1. The molecule has 1 aliphatic heterocycles. The fourth-order valence-corrected chi connectivity index (χ4v) is 3.58. The Labute approximate surface area is 164 Å². The van der Waals surface area contributed by atoms with Crippen molar-refractivity contribution in [2.75, 3.05) is 12.0 Å². The Hall–Kier alpha value is -2.54. The van der Waals surface area contributed by atoms with Crippen LogP contribution in [-0.4, -0.2) is 31.0 Å². The molecule has 0 aromatic heterocycles. The Morgan fingerprint density at radius 1 is 1.14 bits per heavy atom. The van der Waals surface area contributed by atoms with E-state index in [2.05, 4.69) is 0 Å². The van der Waals surface area contributed by atoms with Crippen LogP contribution >= 0.6 is 11.6 Å². The molecule has 1 aliphatic rings. The summed E-state index contributed by atoms with van der Waals surface area (Å²) < 4.78 is 43.7. The van der Waals surface area contributed by atoms with Crippen molar-refractivity contribution in [1.82, 2.24) is 0 Å². The summed E-state index contributed by atoms with van der Waals surface area (Å²) in [6.07, 6.45) is -5.67. The van der Waals surface area contributed by atoms with Gasteiger partial charge in [-0.05, 0) is 55.0 Å². The van der Waals surface area contributed by atoms with Gasteiger partial charge in [-0.1, -0.05) is 11.6 Å². The standard InChI is InChI=1S/C20H17ClF3NO3/c1-11-15(10-18(26)20(22,23)24)16-9-14(28-2)7-8-17(16)25(11)19(27)12-3-5-13(21)6-4-12/h3-9,11,15H,10H2,1-2H3. The molecule has 1 amide bonds. The first-order valence-electron chi connectivity index (χ1n) is 8.50. The lowest BCUT2D eigenvalue weighted by molar-refractivity contribution is -0.171. The molecule has 1 heterocycles. The molecule has 0 bridgehead atoms. The van der Waals surface area contributed by atoms with Crippen molar-refractivity contribution >= 4 is 29.0 Å². The molecule has 4 nitrogen and oxygen atoms in total. The molecule has 8 heteroatoms. The lowest BCUT2D eigenvalue weighted by atomic mass is 9.90. The molecular formula is C20H17ClF3NO3. The average Bonchev–Trinajstić information content (AvgIpc) is 2.92. The molecule has 0 saturated heterocycles. The quantitative estimate of drug-likeness (QED) is 0.711. The van der Waals surface area contributed by atoms with E-state index in [4.69, 9.17) is 16.3 Å². The predicted molar refractivity (Wildman–Crippen MR) is 99.1 cm³/mol. The van der Waals surface area contributed by atoms with Crippen LogP contribution in [0, 0.1) is 0 Å². The van der Waals surface area contributed by atoms with Crippen LogP contribution in [0.25, 0.3) is 0 Å². The van der Waals surface area contributed by atoms with Gasteiger partial charge in [-0.15, -0.1) is 0 Å². The molecule has 3 rings (SSSR count). The number of ketones is 1. The van der Waals surface area contributed by atoms with Crippen LogP contribution in [0.1, 0.15) is 35.2 Å². The molecule has 2 aromatic rings. The number of halogens is 4. The molecule has 0 fully saturated rings. The van der Waals surface area contributed by atoms with Gasteiger partial charge in [0.15, 0.2) is 0 Å². The number of amides is 1. The highest BCUT2D eigenvalue weighted by atomic mass is 35.5. The zero-order chi connectivity index (χ0) is 20.6.